The van der Waals surface area contributed by atoms with E-state index in [1.54, 1.807) is 6.07 Å². The number of rotatable bonds is 9. The highest BCUT2D eigenvalue weighted by Gasteiger charge is 2.34. The van der Waals surface area contributed by atoms with Crippen molar-refractivity contribution in [1.82, 2.24) is 15.5 Å². The molecule has 8 heteroatoms. The summed E-state index contributed by atoms with van der Waals surface area (Å²) in [6.07, 6.45) is 1.67. The van der Waals surface area contributed by atoms with Gasteiger partial charge in [0.15, 0.2) is 0 Å². The van der Waals surface area contributed by atoms with Crippen LogP contribution in [0.4, 0.5) is 4.39 Å². The number of likely N-dealkylation sites (tertiary alicyclic amines) is 1. The Morgan fingerprint density at radius 2 is 1.87 bits per heavy atom. The molecule has 166 valence electrons. The van der Waals surface area contributed by atoms with Gasteiger partial charge in [-0.3, -0.25) is 14.4 Å². The molecule has 0 radical (unpaired) electrons. The van der Waals surface area contributed by atoms with Gasteiger partial charge in [-0.15, -0.1) is 0 Å². The molecule has 1 aliphatic rings. The number of hydrogen-bond donors (Lipinski definition) is 2. The van der Waals surface area contributed by atoms with Crippen LogP contribution in [0, 0.1) is 17.7 Å². The van der Waals surface area contributed by atoms with Gasteiger partial charge >= 0.3 is 0 Å². The van der Waals surface area contributed by atoms with E-state index in [-0.39, 0.29) is 29.2 Å². The predicted octanol–water partition coefficient (Wildman–Crippen LogP) is 1.97. The number of nitrogens with one attached hydrogen (secondary N) is 2. The summed E-state index contributed by atoms with van der Waals surface area (Å²) in [6.45, 7) is 5.74. The molecule has 0 bridgehead atoms. The Balaban J connectivity index is 2.07. The normalized spacial score (nSPS) is 15.7. The first-order valence-electron chi connectivity index (χ1n) is 10.4. The van der Waals surface area contributed by atoms with Gasteiger partial charge in [0.25, 0.3) is 5.91 Å². The average molecular weight is 422 g/mol. The Bertz CT molecular complexity index is 733. The molecule has 2 N–H and O–H groups in total. The van der Waals surface area contributed by atoms with Crippen LogP contribution in [0.1, 0.15) is 43.5 Å². The molecule has 1 saturated heterocycles. The van der Waals surface area contributed by atoms with E-state index in [4.69, 9.17) is 4.74 Å². The highest BCUT2D eigenvalue weighted by Crippen LogP contribution is 2.23. The van der Waals surface area contributed by atoms with Crippen LogP contribution in [0.2, 0.25) is 0 Å². The molecule has 1 unspecified atom stereocenters. The van der Waals surface area contributed by atoms with Crippen LogP contribution in [0.25, 0.3) is 0 Å². The molecule has 3 amide bonds. The van der Waals surface area contributed by atoms with E-state index in [0.717, 1.165) is 0 Å². The maximum absolute atomic E-state index is 14.0. The van der Waals surface area contributed by atoms with Crippen molar-refractivity contribution >= 4 is 17.7 Å². The van der Waals surface area contributed by atoms with E-state index >= 15 is 0 Å². The highest BCUT2D eigenvalue weighted by molar-refractivity contribution is 5.97. The summed E-state index contributed by atoms with van der Waals surface area (Å²) in [5.41, 5.74) is -0.100. The van der Waals surface area contributed by atoms with Gasteiger partial charge in [0, 0.05) is 33.2 Å². The van der Waals surface area contributed by atoms with Crippen molar-refractivity contribution in [2.24, 2.45) is 11.8 Å². The molecule has 7 nitrogen and oxygen atoms in total. The first-order valence-corrected chi connectivity index (χ1v) is 10.4. The first-order chi connectivity index (χ1) is 14.3. The summed E-state index contributed by atoms with van der Waals surface area (Å²) < 4.78 is 19.0. The van der Waals surface area contributed by atoms with Gasteiger partial charge < -0.3 is 20.3 Å². The van der Waals surface area contributed by atoms with Crippen LogP contribution in [0.3, 0.4) is 0 Å². The number of methoxy groups -OCH3 is 1. The van der Waals surface area contributed by atoms with Crippen molar-refractivity contribution in [2.75, 3.05) is 33.4 Å². The second-order valence-corrected chi connectivity index (χ2v) is 8.03. The third-order valence-electron chi connectivity index (χ3n) is 5.24. The highest BCUT2D eigenvalue weighted by atomic mass is 19.1. The van der Waals surface area contributed by atoms with Crippen LogP contribution < -0.4 is 10.6 Å². The fourth-order valence-corrected chi connectivity index (χ4v) is 3.61. The summed E-state index contributed by atoms with van der Waals surface area (Å²) in [5.74, 6) is -1.34. The van der Waals surface area contributed by atoms with Crippen molar-refractivity contribution in [3.63, 3.8) is 0 Å². The zero-order valence-electron chi connectivity index (χ0n) is 17.9. The van der Waals surface area contributed by atoms with Gasteiger partial charge in [-0.05, 0) is 36.8 Å². The lowest BCUT2D eigenvalue weighted by molar-refractivity contribution is -0.133. The molecule has 1 atom stereocenters. The molecule has 30 heavy (non-hydrogen) atoms. The number of halogens is 1. The number of hydrogen-bond acceptors (Lipinski definition) is 4. The topological polar surface area (TPSA) is 87.7 Å². The summed E-state index contributed by atoms with van der Waals surface area (Å²) in [4.78, 5) is 39.5. The fourth-order valence-electron chi connectivity index (χ4n) is 3.61. The molecule has 1 aromatic carbocycles. The summed E-state index contributed by atoms with van der Waals surface area (Å²) in [7, 11) is 1.54. The number of nitrogens with zero attached hydrogens (tertiary/aromatic N) is 1. The van der Waals surface area contributed by atoms with Gasteiger partial charge in [0.05, 0.1) is 12.2 Å². The Morgan fingerprint density at radius 1 is 1.20 bits per heavy atom. The van der Waals surface area contributed by atoms with Crippen molar-refractivity contribution in [3.05, 3.63) is 35.6 Å². The van der Waals surface area contributed by atoms with Crippen molar-refractivity contribution in [2.45, 2.75) is 39.2 Å². The Kier molecular flexibility index (Phi) is 9.23. The van der Waals surface area contributed by atoms with E-state index in [1.807, 2.05) is 18.7 Å². The second kappa shape index (κ2) is 11.6. The Morgan fingerprint density at radius 3 is 2.47 bits per heavy atom. The molecule has 0 spiro atoms. The monoisotopic (exact) mass is 421 g/mol. The minimum Gasteiger partial charge on any atom is -0.383 e. The quantitative estimate of drug-likeness (QED) is 0.597. The molecule has 1 aromatic rings. The number of benzene rings is 1. The molecule has 1 fully saturated rings. The lowest BCUT2D eigenvalue weighted by Gasteiger charge is -2.36. The Hall–Kier alpha value is -2.48. The van der Waals surface area contributed by atoms with Crippen LogP contribution in [0.5, 0.6) is 0 Å². The lowest BCUT2D eigenvalue weighted by Crippen LogP contribution is -2.54. The van der Waals surface area contributed by atoms with Crippen LogP contribution in [-0.4, -0.2) is 62.0 Å². The molecule has 0 saturated carbocycles. The smallest absolute Gasteiger partial charge is 0.254 e. The van der Waals surface area contributed by atoms with Crippen LogP contribution in [0.15, 0.2) is 24.3 Å². The largest absolute Gasteiger partial charge is 0.383 e. The van der Waals surface area contributed by atoms with E-state index in [0.29, 0.717) is 45.5 Å². The van der Waals surface area contributed by atoms with Crippen LogP contribution >= 0.6 is 0 Å². The summed E-state index contributed by atoms with van der Waals surface area (Å²) in [5, 5.41) is 5.47. The molecule has 2 rings (SSSR count). The van der Waals surface area contributed by atoms with Gasteiger partial charge in [-0.1, -0.05) is 26.0 Å². The zero-order valence-corrected chi connectivity index (χ0v) is 17.9. The van der Waals surface area contributed by atoms with Gasteiger partial charge in [0.1, 0.15) is 11.9 Å². The van der Waals surface area contributed by atoms with Gasteiger partial charge in [-0.25, -0.2) is 4.39 Å². The van der Waals surface area contributed by atoms with E-state index in [1.165, 1.54) is 25.3 Å². The number of piperidine rings is 1. The van der Waals surface area contributed by atoms with Crippen molar-refractivity contribution in [3.8, 4) is 0 Å². The van der Waals surface area contributed by atoms with E-state index in [9.17, 15) is 18.8 Å². The number of ether oxygens (including phenoxy) is 1. The average Bonchev–Trinajstić information content (AvgIpc) is 2.72. The number of carbonyl (C=O) groups excluding carboxylic acids is 3. The predicted molar refractivity (Wildman–Crippen MR) is 111 cm³/mol. The third kappa shape index (κ3) is 6.79. The molecule has 1 aliphatic heterocycles. The van der Waals surface area contributed by atoms with Gasteiger partial charge in [0.2, 0.25) is 11.8 Å². The van der Waals surface area contributed by atoms with Crippen molar-refractivity contribution < 1.29 is 23.5 Å². The van der Waals surface area contributed by atoms with Crippen LogP contribution in [-0.2, 0) is 14.3 Å². The minimum absolute atomic E-state index is 0.100. The first kappa shape index (κ1) is 23.8. The molecule has 1 heterocycles. The molecule has 0 aromatic heterocycles. The minimum atomic E-state index is -0.809. The Labute approximate surface area is 177 Å². The third-order valence-corrected chi connectivity index (χ3v) is 5.24. The zero-order chi connectivity index (χ0) is 22.1. The lowest BCUT2D eigenvalue weighted by atomic mass is 9.88. The maximum atomic E-state index is 14.0. The molecular formula is C22H32FN3O4. The maximum Gasteiger partial charge on any atom is 0.254 e. The fraction of sp³-hybridized carbons (Fsp3) is 0.591. The van der Waals surface area contributed by atoms with Crippen molar-refractivity contribution in [1.29, 1.82) is 0 Å². The van der Waals surface area contributed by atoms with Gasteiger partial charge in [-0.2, -0.15) is 0 Å². The van der Waals surface area contributed by atoms with E-state index in [2.05, 4.69) is 10.6 Å². The molecular weight excluding hydrogens is 389 g/mol. The summed E-state index contributed by atoms with van der Waals surface area (Å²) in [6, 6.07) is 4.87. The SMILES string of the molecule is COCCNC(=O)C(NC(=O)c1ccccc1F)C1CCN(C(=O)CC(C)C)CC1. The molecule has 0 aliphatic carbocycles. The number of amides is 3. The summed E-state index contributed by atoms with van der Waals surface area (Å²) >= 11 is 0. The van der Waals surface area contributed by atoms with E-state index < -0.39 is 17.8 Å². The number of carbonyl (C=O) groups is 3. The standard InChI is InChI=1S/C22H32FN3O4/c1-15(2)14-19(27)26-11-8-16(9-12-26)20(22(29)24-10-13-30-3)25-21(28)17-6-4-5-7-18(17)23/h4-7,15-16,20H,8-14H2,1-3H3,(H,24,29)(H,25,28). The second-order valence-electron chi connectivity index (χ2n) is 8.03.